The Bertz CT molecular complexity index is 352. The molecule has 0 unspecified atom stereocenters. The van der Waals surface area contributed by atoms with Crippen LogP contribution in [0.1, 0.15) is 16.1 Å². The largest absolute Gasteiger partial charge is 0.464 e. The Morgan fingerprint density at radius 1 is 1.54 bits per heavy atom. The van der Waals surface area contributed by atoms with Gasteiger partial charge in [-0.1, -0.05) is 0 Å². The molecule has 0 aliphatic rings. The molecule has 0 saturated heterocycles. The number of nitrogens with zero attached hydrogens (tertiary/aromatic N) is 1. The molecule has 0 aliphatic heterocycles. The third kappa shape index (κ3) is 2.28. The molecule has 0 saturated carbocycles. The topological polar surface area (TPSA) is 39.2 Å². The van der Waals surface area contributed by atoms with Gasteiger partial charge in [0.2, 0.25) is 0 Å². The Kier molecular flexibility index (Phi) is 3.44. The molecular weight excluding hydrogens is 302 g/mol. The fourth-order valence-corrected chi connectivity index (χ4v) is 1.68. The maximum atomic E-state index is 11.2. The third-order valence-electron chi connectivity index (χ3n) is 1.48. The van der Waals surface area contributed by atoms with Gasteiger partial charge < -0.3 is 4.74 Å². The van der Waals surface area contributed by atoms with Gasteiger partial charge in [0.25, 0.3) is 0 Å². The number of ether oxygens (including phenoxy) is 1. The number of hydrogen-bond acceptors (Lipinski definition) is 3. The predicted octanol–water partition coefficient (Wildman–Crippen LogP) is 2.70. The van der Waals surface area contributed by atoms with Crippen LogP contribution in [0.5, 0.6) is 0 Å². The molecule has 3 nitrogen and oxygen atoms in total. The molecule has 0 fully saturated rings. The van der Waals surface area contributed by atoms with E-state index in [2.05, 4.69) is 41.6 Å². The van der Waals surface area contributed by atoms with Crippen molar-refractivity contribution in [3.63, 3.8) is 0 Å². The lowest BCUT2D eigenvalue weighted by atomic mass is 10.3. The van der Waals surface area contributed by atoms with Gasteiger partial charge in [0.15, 0.2) is 5.69 Å². The fraction of sp³-hybridized carbons (Fsp3) is 0.250. The van der Waals surface area contributed by atoms with Gasteiger partial charge in [-0.3, -0.25) is 0 Å². The van der Waals surface area contributed by atoms with Crippen molar-refractivity contribution in [1.82, 2.24) is 4.98 Å². The monoisotopic (exact) mass is 307 g/mol. The molecule has 0 bridgehead atoms. The number of carbonyl (C=O) groups is 1. The molecular formula is C8H7Br2NO2. The molecule has 5 heteroatoms. The van der Waals surface area contributed by atoms with Crippen LogP contribution in [0, 0.1) is 6.92 Å². The van der Waals surface area contributed by atoms with Crippen LogP contribution in [0.3, 0.4) is 0 Å². The van der Waals surface area contributed by atoms with Gasteiger partial charge in [0.05, 0.1) is 11.6 Å². The maximum Gasteiger partial charge on any atom is 0.357 e. The van der Waals surface area contributed by atoms with E-state index in [9.17, 15) is 4.79 Å². The van der Waals surface area contributed by atoms with Gasteiger partial charge in [-0.2, -0.15) is 0 Å². The standard InChI is InChI=1S/C8H7Br2NO2/c1-4-3-5(9)6(8(12)13-2)11-7(4)10/h3H,1-2H3. The quantitative estimate of drug-likeness (QED) is 0.591. The van der Waals surface area contributed by atoms with Gasteiger partial charge in [-0.15, -0.1) is 0 Å². The maximum absolute atomic E-state index is 11.2. The number of halogens is 2. The molecule has 13 heavy (non-hydrogen) atoms. The van der Waals surface area contributed by atoms with E-state index in [-0.39, 0.29) is 5.69 Å². The summed E-state index contributed by atoms with van der Waals surface area (Å²) in [6.07, 6.45) is 0. The highest BCUT2D eigenvalue weighted by Gasteiger charge is 2.13. The number of hydrogen-bond donors (Lipinski definition) is 0. The summed E-state index contributed by atoms with van der Waals surface area (Å²) >= 11 is 6.48. The number of esters is 1. The molecule has 70 valence electrons. The SMILES string of the molecule is COC(=O)c1nc(Br)c(C)cc1Br. The van der Waals surface area contributed by atoms with Crippen molar-refractivity contribution < 1.29 is 9.53 Å². The van der Waals surface area contributed by atoms with Crippen LogP contribution < -0.4 is 0 Å². The van der Waals surface area contributed by atoms with Crippen LogP contribution in [0.4, 0.5) is 0 Å². The van der Waals surface area contributed by atoms with E-state index in [0.29, 0.717) is 9.08 Å². The molecule has 0 atom stereocenters. The van der Waals surface area contributed by atoms with E-state index in [1.54, 1.807) is 0 Å². The second-order valence-corrected chi connectivity index (χ2v) is 4.02. The van der Waals surface area contributed by atoms with Crippen molar-refractivity contribution in [2.24, 2.45) is 0 Å². The lowest BCUT2D eigenvalue weighted by Crippen LogP contribution is -2.06. The molecule has 0 radical (unpaired) electrons. The zero-order chi connectivity index (χ0) is 10.0. The second-order valence-electron chi connectivity index (χ2n) is 2.42. The Balaban J connectivity index is 3.23. The number of aromatic nitrogens is 1. The smallest absolute Gasteiger partial charge is 0.357 e. The third-order valence-corrected chi connectivity index (χ3v) is 2.89. The average Bonchev–Trinajstić information content (AvgIpc) is 2.10. The highest BCUT2D eigenvalue weighted by Crippen LogP contribution is 2.22. The Morgan fingerprint density at radius 3 is 2.69 bits per heavy atom. The number of methoxy groups -OCH3 is 1. The van der Waals surface area contributed by atoms with E-state index in [0.717, 1.165) is 5.56 Å². The van der Waals surface area contributed by atoms with Crippen molar-refractivity contribution in [2.45, 2.75) is 6.92 Å². The predicted molar refractivity (Wildman–Crippen MR) is 55.7 cm³/mol. The van der Waals surface area contributed by atoms with Crippen molar-refractivity contribution in [3.05, 3.63) is 26.4 Å². The Labute approximate surface area is 92.8 Å². The summed E-state index contributed by atoms with van der Waals surface area (Å²) in [7, 11) is 1.32. The summed E-state index contributed by atoms with van der Waals surface area (Å²) in [4.78, 5) is 15.2. The number of carbonyl (C=O) groups excluding carboxylic acids is 1. The van der Waals surface area contributed by atoms with Crippen molar-refractivity contribution in [2.75, 3.05) is 7.11 Å². The van der Waals surface area contributed by atoms with Crippen LogP contribution in [0.2, 0.25) is 0 Å². The zero-order valence-corrected chi connectivity index (χ0v) is 10.3. The lowest BCUT2D eigenvalue weighted by molar-refractivity contribution is 0.0592. The fourth-order valence-electron chi connectivity index (χ4n) is 0.798. The molecule has 1 aromatic heterocycles. The van der Waals surface area contributed by atoms with E-state index in [1.807, 2.05) is 13.0 Å². The van der Waals surface area contributed by atoms with Gasteiger partial charge in [0, 0.05) is 0 Å². The van der Waals surface area contributed by atoms with Crippen molar-refractivity contribution >= 4 is 37.8 Å². The molecule has 1 aromatic rings. The Hall–Kier alpha value is -0.420. The zero-order valence-electron chi connectivity index (χ0n) is 7.10. The first-order valence-electron chi connectivity index (χ1n) is 3.47. The molecule has 1 rings (SSSR count). The number of aryl methyl sites for hydroxylation is 1. The number of rotatable bonds is 1. The van der Waals surface area contributed by atoms with E-state index >= 15 is 0 Å². The summed E-state index contributed by atoms with van der Waals surface area (Å²) in [6.45, 7) is 1.89. The minimum atomic E-state index is -0.451. The number of pyridine rings is 1. The minimum Gasteiger partial charge on any atom is -0.464 e. The van der Waals surface area contributed by atoms with Gasteiger partial charge in [-0.05, 0) is 50.4 Å². The molecule has 0 aliphatic carbocycles. The van der Waals surface area contributed by atoms with Gasteiger partial charge in [0.1, 0.15) is 4.60 Å². The van der Waals surface area contributed by atoms with Crippen LogP contribution in [-0.4, -0.2) is 18.1 Å². The highest BCUT2D eigenvalue weighted by molar-refractivity contribution is 9.11. The average molecular weight is 309 g/mol. The molecule has 0 N–H and O–H groups in total. The van der Waals surface area contributed by atoms with Crippen LogP contribution in [0.25, 0.3) is 0 Å². The molecule has 0 aromatic carbocycles. The molecule has 0 spiro atoms. The van der Waals surface area contributed by atoms with E-state index in [4.69, 9.17) is 0 Å². The van der Waals surface area contributed by atoms with E-state index in [1.165, 1.54) is 7.11 Å². The first-order chi connectivity index (χ1) is 6.06. The lowest BCUT2D eigenvalue weighted by Gasteiger charge is -2.03. The minimum absolute atomic E-state index is 0.278. The molecule has 0 amide bonds. The summed E-state index contributed by atoms with van der Waals surface area (Å²) < 4.78 is 5.85. The van der Waals surface area contributed by atoms with Crippen LogP contribution >= 0.6 is 31.9 Å². The van der Waals surface area contributed by atoms with Gasteiger partial charge in [-0.25, -0.2) is 9.78 Å². The van der Waals surface area contributed by atoms with Crippen LogP contribution in [0.15, 0.2) is 15.1 Å². The second kappa shape index (κ2) is 4.19. The van der Waals surface area contributed by atoms with Crippen LogP contribution in [-0.2, 0) is 4.74 Å². The first-order valence-corrected chi connectivity index (χ1v) is 5.06. The summed E-state index contributed by atoms with van der Waals surface area (Å²) in [5, 5.41) is 0. The first kappa shape index (κ1) is 10.7. The van der Waals surface area contributed by atoms with Crippen molar-refractivity contribution in [1.29, 1.82) is 0 Å². The summed E-state index contributed by atoms with van der Waals surface area (Å²) in [5.74, 6) is -0.451. The summed E-state index contributed by atoms with van der Waals surface area (Å²) in [6, 6.07) is 1.81. The Morgan fingerprint density at radius 2 is 2.15 bits per heavy atom. The van der Waals surface area contributed by atoms with Crippen molar-refractivity contribution in [3.8, 4) is 0 Å². The van der Waals surface area contributed by atoms with E-state index < -0.39 is 5.97 Å². The highest BCUT2D eigenvalue weighted by atomic mass is 79.9. The van der Waals surface area contributed by atoms with Gasteiger partial charge >= 0.3 is 5.97 Å². The summed E-state index contributed by atoms with van der Waals surface area (Å²) in [5.41, 5.74) is 1.24. The normalized spacial score (nSPS) is 9.85. The molecule has 1 heterocycles.